The maximum atomic E-state index is 12.9. The molecule has 0 spiro atoms. The molecule has 0 aliphatic carbocycles. The molecule has 1 N–H and O–H groups in total. The van der Waals surface area contributed by atoms with Crippen molar-refractivity contribution in [2.45, 2.75) is 10.9 Å². The van der Waals surface area contributed by atoms with Crippen LogP contribution in [-0.4, -0.2) is 17.0 Å². The van der Waals surface area contributed by atoms with E-state index in [0.717, 1.165) is 12.1 Å². The molecule has 1 aliphatic heterocycles. The van der Waals surface area contributed by atoms with Crippen LogP contribution in [0.1, 0.15) is 11.6 Å². The van der Waals surface area contributed by atoms with Gasteiger partial charge >= 0.3 is 0 Å². The predicted octanol–water partition coefficient (Wildman–Crippen LogP) is 1.35. The van der Waals surface area contributed by atoms with Crippen molar-refractivity contribution in [1.82, 2.24) is 5.32 Å². The van der Waals surface area contributed by atoms with E-state index in [2.05, 4.69) is 5.32 Å². The van der Waals surface area contributed by atoms with Gasteiger partial charge in [0.15, 0.2) is 11.6 Å². The Hall–Kier alpha value is -0.810. The quantitative estimate of drug-likeness (QED) is 0.769. The maximum absolute atomic E-state index is 12.9. The van der Waals surface area contributed by atoms with Crippen LogP contribution in [0.2, 0.25) is 0 Å². The summed E-state index contributed by atoms with van der Waals surface area (Å²) in [4.78, 5) is 0.406. The molecule has 0 amide bonds. The van der Waals surface area contributed by atoms with E-state index < -0.39 is 22.4 Å². The van der Waals surface area contributed by atoms with Gasteiger partial charge in [0.05, 0.1) is 10.8 Å². The SMILES string of the molecule is CNC1CS(=O)c2cc(F)c(F)cc21. The molecule has 2 atom stereocenters. The highest BCUT2D eigenvalue weighted by Crippen LogP contribution is 2.31. The van der Waals surface area contributed by atoms with Gasteiger partial charge in [-0.2, -0.15) is 0 Å². The molecule has 1 heterocycles. The Balaban J connectivity index is 2.58. The van der Waals surface area contributed by atoms with Gasteiger partial charge in [0.25, 0.3) is 0 Å². The van der Waals surface area contributed by atoms with Crippen LogP contribution in [0.4, 0.5) is 8.78 Å². The summed E-state index contributed by atoms with van der Waals surface area (Å²) in [7, 11) is 0.491. The first-order valence-corrected chi connectivity index (χ1v) is 5.50. The Labute approximate surface area is 82.8 Å². The van der Waals surface area contributed by atoms with Crippen molar-refractivity contribution >= 4 is 10.8 Å². The summed E-state index contributed by atoms with van der Waals surface area (Å²) >= 11 is 0. The number of hydrogen-bond acceptors (Lipinski definition) is 2. The van der Waals surface area contributed by atoms with Crippen LogP contribution in [0, 0.1) is 11.6 Å². The zero-order valence-electron chi connectivity index (χ0n) is 7.51. The second kappa shape index (κ2) is 3.40. The van der Waals surface area contributed by atoms with Crippen molar-refractivity contribution in [3.05, 3.63) is 29.3 Å². The summed E-state index contributed by atoms with van der Waals surface area (Å²) in [5.41, 5.74) is 0.602. The minimum absolute atomic E-state index is 0.138. The molecule has 0 radical (unpaired) electrons. The van der Waals surface area contributed by atoms with E-state index in [0.29, 0.717) is 16.2 Å². The molecule has 1 aromatic rings. The second-order valence-corrected chi connectivity index (χ2v) is 4.62. The Bertz CT molecular complexity index is 408. The van der Waals surface area contributed by atoms with E-state index in [9.17, 15) is 13.0 Å². The average Bonchev–Trinajstić information content (AvgIpc) is 2.45. The molecular formula is C9H9F2NOS. The molecule has 0 aromatic heterocycles. The Morgan fingerprint density at radius 2 is 2.07 bits per heavy atom. The van der Waals surface area contributed by atoms with Crippen LogP contribution in [0.3, 0.4) is 0 Å². The predicted molar refractivity (Wildman–Crippen MR) is 49.4 cm³/mol. The molecule has 1 aliphatic rings. The summed E-state index contributed by atoms with van der Waals surface area (Å²) in [6.45, 7) is 0. The lowest BCUT2D eigenvalue weighted by atomic mass is 10.1. The molecule has 0 fully saturated rings. The van der Waals surface area contributed by atoms with Crippen LogP contribution in [0.15, 0.2) is 17.0 Å². The smallest absolute Gasteiger partial charge is 0.160 e. The minimum Gasteiger partial charge on any atom is -0.312 e. The van der Waals surface area contributed by atoms with Gasteiger partial charge in [-0.3, -0.25) is 4.21 Å². The van der Waals surface area contributed by atoms with Gasteiger partial charge in [-0.05, 0) is 24.7 Å². The van der Waals surface area contributed by atoms with E-state index in [-0.39, 0.29) is 6.04 Å². The highest BCUT2D eigenvalue weighted by Gasteiger charge is 2.28. The molecule has 76 valence electrons. The third-order valence-corrected chi connectivity index (χ3v) is 3.82. The summed E-state index contributed by atoms with van der Waals surface area (Å²) < 4.78 is 37.2. The molecule has 0 bridgehead atoms. The monoisotopic (exact) mass is 217 g/mol. The molecule has 0 saturated heterocycles. The third kappa shape index (κ3) is 1.36. The van der Waals surface area contributed by atoms with Gasteiger partial charge in [-0.15, -0.1) is 0 Å². The van der Waals surface area contributed by atoms with E-state index in [1.165, 1.54) is 0 Å². The lowest BCUT2D eigenvalue weighted by Gasteiger charge is -2.07. The van der Waals surface area contributed by atoms with Crippen molar-refractivity contribution in [2.75, 3.05) is 12.8 Å². The molecule has 14 heavy (non-hydrogen) atoms. The Morgan fingerprint density at radius 3 is 2.71 bits per heavy atom. The summed E-state index contributed by atoms with van der Waals surface area (Å²) in [5.74, 6) is -1.44. The van der Waals surface area contributed by atoms with Crippen molar-refractivity contribution in [1.29, 1.82) is 0 Å². The molecule has 2 unspecified atom stereocenters. The fraction of sp³-hybridized carbons (Fsp3) is 0.333. The topological polar surface area (TPSA) is 29.1 Å². The highest BCUT2D eigenvalue weighted by molar-refractivity contribution is 7.85. The maximum Gasteiger partial charge on any atom is 0.160 e. The molecule has 2 rings (SSSR count). The van der Waals surface area contributed by atoms with Gasteiger partial charge in [0, 0.05) is 16.7 Å². The van der Waals surface area contributed by atoms with Crippen molar-refractivity contribution in [3.8, 4) is 0 Å². The van der Waals surface area contributed by atoms with Gasteiger partial charge in [-0.1, -0.05) is 0 Å². The number of halogens is 2. The van der Waals surface area contributed by atoms with E-state index in [4.69, 9.17) is 0 Å². The first kappa shape index (κ1) is 9.73. The van der Waals surface area contributed by atoms with E-state index in [1.807, 2.05) is 0 Å². The first-order chi connectivity index (χ1) is 6.63. The molecule has 5 heteroatoms. The second-order valence-electron chi connectivity index (χ2n) is 3.16. The third-order valence-electron chi connectivity index (χ3n) is 2.34. The van der Waals surface area contributed by atoms with Gasteiger partial charge < -0.3 is 5.32 Å². The van der Waals surface area contributed by atoms with Crippen LogP contribution in [0.5, 0.6) is 0 Å². The van der Waals surface area contributed by atoms with Crippen molar-refractivity contribution < 1.29 is 13.0 Å². The Morgan fingerprint density at radius 1 is 1.43 bits per heavy atom. The summed E-state index contributed by atoms with van der Waals surface area (Å²) in [5, 5.41) is 2.92. The molecule has 1 aromatic carbocycles. The number of hydrogen-bond donors (Lipinski definition) is 1. The van der Waals surface area contributed by atoms with Gasteiger partial charge in [0.2, 0.25) is 0 Å². The first-order valence-electron chi connectivity index (χ1n) is 4.18. The minimum atomic E-state index is -1.22. The van der Waals surface area contributed by atoms with Crippen molar-refractivity contribution in [2.24, 2.45) is 0 Å². The summed E-state index contributed by atoms with van der Waals surface area (Å²) in [6.07, 6.45) is 0. The molecule has 0 saturated carbocycles. The number of rotatable bonds is 1. The fourth-order valence-corrected chi connectivity index (χ4v) is 3.11. The van der Waals surface area contributed by atoms with Crippen LogP contribution in [0.25, 0.3) is 0 Å². The van der Waals surface area contributed by atoms with Crippen LogP contribution in [-0.2, 0) is 10.8 Å². The molecule has 2 nitrogen and oxygen atoms in total. The lowest BCUT2D eigenvalue weighted by Crippen LogP contribution is -2.16. The summed E-state index contributed by atoms with van der Waals surface area (Å²) in [6, 6.07) is 2.01. The fourth-order valence-electron chi connectivity index (χ4n) is 1.58. The highest BCUT2D eigenvalue weighted by atomic mass is 32.2. The van der Waals surface area contributed by atoms with Crippen LogP contribution >= 0.6 is 0 Å². The number of fused-ring (bicyclic) bond motifs is 1. The van der Waals surface area contributed by atoms with E-state index in [1.54, 1.807) is 7.05 Å². The Kier molecular flexibility index (Phi) is 2.36. The standard InChI is InChI=1S/C9H9F2NOS/c1-12-8-4-14(13)9-3-7(11)6(10)2-5(8)9/h2-3,8,12H,4H2,1H3. The largest absolute Gasteiger partial charge is 0.312 e. The van der Waals surface area contributed by atoms with Gasteiger partial charge in [0.1, 0.15) is 0 Å². The zero-order chi connectivity index (χ0) is 10.3. The van der Waals surface area contributed by atoms with Crippen LogP contribution < -0.4 is 5.32 Å². The number of benzene rings is 1. The normalized spacial score (nSPS) is 25.1. The zero-order valence-corrected chi connectivity index (χ0v) is 8.33. The number of nitrogens with one attached hydrogen (secondary N) is 1. The average molecular weight is 217 g/mol. The van der Waals surface area contributed by atoms with E-state index >= 15 is 0 Å². The molecular weight excluding hydrogens is 208 g/mol. The lowest BCUT2D eigenvalue weighted by molar-refractivity contribution is 0.501. The van der Waals surface area contributed by atoms with Gasteiger partial charge in [-0.25, -0.2) is 8.78 Å². The van der Waals surface area contributed by atoms with Crippen molar-refractivity contribution in [3.63, 3.8) is 0 Å².